The molecule has 0 saturated carbocycles. The molecular formula is C24H18F6N4O6. The largest absolute Gasteiger partial charge is 0.461 e. The minimum atomic E-state index is -4.96. The second kappa shape index (κ2) is 11.5. The Balaban J connectivity index is 0.000000220. The van der Waals surface area contributed by atoms with Crippen LogP contribution >= 0.6 is 0 Å². The molecule has 212 valence electrons. The topological polar surface area (TPSA) is 121 Å². The van der Waals surface area contributed by atoms with Gasteiger partial charge in [0, 0.05) is 11.0 Å². The Morgan fingerprint density at radius 2 is 1.02 bits per heavy atom. The van der Waals surface area contributed by atoms with E-state index in [0.717, 1.165) is 33.6 Å². The normalized spacial score (nSPS) is 11.6. The Hall–Kier alpha value is -4.76. The monoisotopic (exact) mass is 572 g/mol. The van der Waals surface area contributed by atoms with E-state index in [1.807, 2.05) is 0 Å². The maximum atomic E-state index is 12.4. The number of carbonyl (C=O) groups excluding carboxylic acids is 4. The van der Waals surface area contributed by atoms with Crippen LogP contribution in [0.3, 0.4) is 0 Å². The Morgan fingerprint density at radius 1 is 0.675 bits per heavy atom. The van der Waals surface area contributed by atoms with Gasteiger partial charge in [-0.05, 0) is 50.2 Å². The summed E-state index contributed by atoms with van der Waals surface area (Å²) in [4.78, 5) is 52.7. The van der Waals surface area contributed by atoms with Crippen molar-refractivity contribution in [3.05, 3.63) is 71.8 Å². The Bertz CT molecular complexity index is 1470. The zero-order valence-electron chi connectivity index (χ0n) is 20.5. The third-order valence-electron chi connectivity index (χ3n) is 5.04. The number of halogens is 6. The number of carbonyl (C=O) groups is 4. The highest BCUT2D eigenvalue weighted by Crippen LogP contribution is 2.24. The molecule has 0 aromatic carbocycles. The number of aromatic nitrogens is 4. The SMILES string of the molecule is CCOC(=O)c1cc2ccc(C(=O)C(F)(F)F)n2cn1.CCOC(=O)c1cc2ccc(C(=O)C(F)(F)F)n2cn1. The summed E-state index contributed by atoms with van der Waals surface area (Å²) in [5.74, 6) is -5.30. The van der Waals surface area contributed by atoms with Crippen LogP contribution in [-0.2, 0) is 9.47 Å². The summed E-state index contributed by atoms with van der Waals surface area (Å²) in [5.41, 5.74) is -0.705. The summed E-state index contributed by atoms with van der Waals surface area (Å²) >= 11 is 0. The molecule has 0 spiro atoms. The summed E-state index contributed by atoms with van der Waals surface area (Å²) < 4.78 is 85.7. The molecule has 0 N–H and O–H groups in total. The standard InChI is InChI=1S/2C12H9F3N2O3/c2*1-2-20-11(19)8-5-7-3-4-9(17(7)6-16-8)10(18)12(13,14)15/h2*3-6H,2H2,1H3. The van der Waals surface area contributed by atoms with Gasteiger partial charge in [0.1, 0.15) is 12.7 Å². The summed E-state index contributed by atoms with van der Waals surface area (Å²) in [5, 5.41) is 0. The van der Waals surface area contributed by atoms with Crippen LogP contribution in [0.25, 0.3) is 11.0 Å². The van der Waals surface area contributed by atoms with Crippen LogP contribution in [0.1, 0.15) is 55.8 Å². The number of nitrogens with zero attached hydrogens (tertiary/aromatic N) is 4. The van der Waals surface area contributed by atoms with Crippen LogP contribution in [0.15, 0.2) is 49.1 Å². The van der Waals surface area contributed by atoms with E-state index in [4.69, 9.17) is 9.47 Å². The first-order chi connectivity index (χ1) is 18.7. The lowest BCUT2D eigenvalue weighted by molar-refractivity contribution is -0.0891. The van der Waals surface area contributed by atoms with Crippen LogP contribution < -0.4 is 0 Å². The number of alkyl halides is 6. The second-order valence-corrected chi connectivity index (χ2v) is 7.67. The van der Waals surface area contributed by atoms with Crippen molar-refractivity contribution < 1.29 is 55.0 Å². The number of fused-ring (bicyclic) bond motifs is 2. The molecule has 4 heterocycles. The Kier molecular flexibility index (Phi) is 8.60. The van der Waals surface area contributed by atoms with E-state index in [-0.39, 0.29) is 35.6 Å². The lowest BCUT2D eigenvalue weighted by Crippen LogP contribution is -2.24. The first-order valence-corrected chi connectivity index (χ1v) is 11.2. The Morgan fingerprint density at radius 3 is 1.32 bits per heavy atom. The fourth-order valence-corrected chi connectivity index (χ4v) is 3.31. The fraction of sp³-hybridized carbons (Fsp3) is 0.250. The van der Waals surface area contributed by atoms with Crippen molar-refractivity contribution in [3.63, 3.8) is 0 Å². The molecule has 0 radical (unpaired) electrons. The van der Waals surface area contributed by atoms with Crippen LogP contribution in [0.4, 0.5) is 26.3 Å². The van der Waals surface area contributed by atoms with Crippen LogP contribution in [-0.4, -0.2) is 67.8 Å². The molecule has 4 aromatic rings. The first kappa shape index (κ1) is 29.8. The van der Waals surface area contributed by atoms with Gasteiger partial charge in [0.05, 0.1) is 24.6 Å². The fourth-order valence-electron chi connectivity index (χ4n) is 3.31. The van der Waals surface area contributed by atoms with Crippen molar-refractivity contribution in [1.29, 1.82) is 0 Å². The number of rotatable bonds is 6. The zero-order valence-corrected chi connectivity index (χ0v) is 20.5. The molecule has 0 amide bonds. The van der Waals surface area contributed by atoms with E-state index in [1.54, 1.807) is 13.8 Å². The Labute approximate surface area is 220 Å². The summed E-state index contributed by atoms with van der Waals surface area (Å²) in [6.07, 6.45) is -7.96. The molecule has 4 aromatic heterocycles. The van der Waals surface area contributed by atoms with Gasteiger partial charge in [0.2, 0.25) is 0 Å². The van der Waals surface area contributed by atoms with Gasteiger partial charge in [-0.3, -0.25) is 18.4 Å². The van der Waals surface area contributed by atoms with Crippen molar-refractivity contribution in [2.45, 2.75) is 26.2 Å². The second-order valence-electron chi connectivity index (χ2n) is 7.67. The predicted molar refractivity (Wildman–Crippen MR) is 123 cm³/mol. The maximum absolute atomic E-state index is 12.4. The van der Waals surface area contributed by atoms with Gasteiger partial charge in [0.15, 0.2) is 11.4 Å². The number of ketones is 2. The van der Waals surface area contributed by atoms with E-state index in [2.05, 4.69) is 9.97 Å². The molecule has 0 saturated heterocycles. The highest BCUT2D eigenvalue weighted by Gasteiger charge is 2.41. The van der Waals surface area contributed by atoms with E-state index < -0.39 is 47.2 Å². The molecule has 40 heavy (non-hydrogen) atoms. The average Bonchev–Trinajstić information content (AvgIpc) is 3.50. The highest BCUT2D eigenvalue weighted by atomic mass is 19.4. The molecule has 0 atom stereocenters. The highest BCUT2D eigenvalue weighted by molar-refractivity contribution is 6.01. The lowest BCUT2D eigenvalue weighted by Gasteiger charge is -2.06. The van der Waals surface area contributed by atoms with Crippen molar-refractivity contribution >= 4 is 34.5 Å². The molecule has 0 aliphatic rings. The van der Waals surface area contributed by atoms with Crippen LogP contribution in [0.5, 0.6) is 0 Å². The van der Waals surface area contributed by atoms with E-state index >= 15 is 0 Å². The van der Waals surface area contributed by atoms with Gasteiger partial charge in [-0.1, -0.05) is 0 Å². The molecule has 10 nitrogen and oxygen atoms in total. The number of Topliss-reactive ketones (excluding diaryl/α,β-unsaturated/α-hetero) is 2. The van der Waals surface area contributed by atoms with Crippen molar-refractivity contribution in [2.75, 3.05) is 13.2 Å². The number of hydrogen-bond donors (Lipinski definition) is 0. The zero-order chi connectivity index (χ0) is 29.8. The third-order valence-corrected chi connectivity index (χ3v) is 5.04. The van der Waals surface area contributed by atoms with E-state index in [1.165, 1.54) is 24.3 Å². The predicted octanol–water partition coefficient (Wildman–Crippen LogP) is 4.51. The first-order valence-electron chi connectivity index (χ1n) is 11.2. The quantitative estimate of drug-likeness (QED) is 0.188. The van der Waals surface area contributed by atoms with Gasteiger partial charge >= 0.3 is 24.3 Å². The van der Waals surface area contributed by atoms with Crippen LogP contribution in [0.2, 0.25) is 0 Å². The van der Waals surface area contributed by atoms with Crippen molar-refractivity contribution in [2.24, 2.45) is 0 Å². The number of esters is 2. The third kappa shape index (κ3) is 6.44. The van der Waals surface area contributed by atoms with Gasteiger partial charge in [-0.25, -0.2) is 19.6 Å². The molecular weight excluding hydrogens is 554 g/mol. The van der Waals surface area contributed by atoms with E-state index in [9.17, 15) is 45.5 Å². The molecule has 0 aliphatic carbocycles. The molecule has 0 bridgehead atoms. The van der Waals surface area contributed by atoms with Crippen molar-refractivity contribution in [1.82, 2.24) is 18.8 Å². The van der Waals surface area contributed by atoms with Crippen LogP contribution in [0, 0.1) is 0 Å². The molecule has 4 rings (SSSR count). The summed E-state index contributed by atoms with van der Waals surface area (Å²) in [7, 11) is 0. The summed E-state index contributed by atoms with van der Waals surface area (Å²) in [6, 6.07) is 7.16. The molecule has 0 unspecified atom stereocenters. The van der Waals surface area contributed by atoms with Gasteiger partial charge in [0.25, 0.3) is 11.6 Å². The molecule has 16 heteroatoms. The molecule has 0 fully saturated rings. The number of hydrogen-bond acceptors (Lipinski definition) is 8. The van der Waals surface area contributed by atoms with Gasteiger partial charge < -0.3 is 9.47 Å². The smallest absolute Gasteiger partial charge is 0.456 e. The maximum Gasteiger partial charge on any atom is 0.456 e. The summed E-state index contributed by atoms with van der Waals surface area (Å²) in [6.45, 7) is 3.55. The number of ether oxygens (including phenoxy) is 2. The minimum Gasteiger partial charge on any atom is -0.461 e. The molecule has 0 aliphatic heterocycles. The van der Waals surface area contributed by atoms with Gasteiger partial charge in [-0.2, -0.15) is 26.3 Å². The minimum absolute atomic E-state index is 0.0385. The van der Waals surface area contributed by atoms with E-state index in [0.29, 0.717) is 0 Å². The average molecular weight is 572 g/mol. The van der Waals surface area contributed by atoms with Gasteiger partial charge in [-0.15, -0.1) is 0 Å². The lowest BCUT2D eigenvalue weighted by atomic mass is 10.3. The van der Waals surface area contributed by atoms with Crippen molar-refractivity contribution in [3.8, 4) is 0 Å².